The number of anilines is 1. The molecule has 1 aliphatic heterocycles. The highest BCUT2D eigenvalue weighted by Gasteiger charge is 2.31. The standard InChI is InChI=1S/C13H11N5O2S/c19-13(20)11-7-18(16-14-11)8-5-17(6-8)12-9-3-1-2-4-10(9)15-21-12/h1-4,7-8H,5-6H2,(H,19,20). The van der Waals surface area contributed by atoms with E-state index in [2.05, 4.69) is 25.7 Å². The van der Waals surface area contributed by atoms with E-state index >= 15 is 0 Å². The van der Waals surface area contributed by atoms with Crippen LogP contribution in [0.15, 0.2) is 30.5 Å². The molecule has 3 aromatic rings. The first-order valence-corrected chi connectivity index (χ1v) is 7.24. The number of hydrogen-bond donors (Lipinski definition) is 1. The fraction of sp³-hybridized carbons (Fsp3) is 0.231. The van der Waals surface area contributed by atoms with Gasteiger partial charge in [0.15, 0.2) is 5.69 Å². The summed E-state index contributed by atoms with van der Waals surface area (Å²) in [4.78, 5) is 13.0. The van der Waals surface area contributed by atoms with Crippen LogP contribution < -0.4 is 4.90 Å². The zero-order chi connectivity index (χ0) is 14.4. The van der Waals surface area contributed by atoms with Crippen molar-refractivity contribution in [2.75, 3.05) is 18.0 Å². The number of aromatic carboxylic acids is 1. The van der Waals surface area contributed by atoms with Gasteiger partial charge in [-0.05, 0) is 23.7 Å². The van der Waals surface area contributed by atoms with Gasteiger partial charge in [-0.3, -0.25) is 0 Å². The van der Waals surface area contributed by atoms with Crippen molar-refractivity contribution in [3.63, 3.8) is 0 Å². The number of aromatic nitrogens is 4. The molecule has 4 rings (SSSR count). The van der Waals surface area contributed by atoms with Crippen LogP contribution in [0, 0.1) is 0 Å². The maximum atomic E-state index is 10.8. The minimum atomic E-state index is -1.05. The maximum absolute atomic E-state index is 10.8. The van der Waals surface area contributed by atoms with Crippen molar-refractivity contribution in [3.05, 3.63) is 36.2 Å². The predicted octanol–water partition coefficient (Wildman–Crippen LogP) is 1.65. The Morgan fingerprint density at radius 1 is 1.33 bits per heavy atom. The van der Waals surface area contributed by atoms with Crippen molar-refractivity contribution in [1.82, 2.24) is 19.4 Å². The first kappa shape index (κ1) is 12.3. The van der Waals surface area contributed by atoms with E-state index in [-0.39, 0.29) is 11.7 Å². The molecule has 1 N–H and O–H groups in total. The molecule has 21 heavy (non-hydrogen) atoms. The molecule has 0 radical (unpaired) electrons. The molecule has 2 aromatic heterocycles. The highest BCUT2D eigenvalue weighted by molar-refractivity contribution is 7.11. The first-order valence-electron chi connectivity index (χ1n) is 6.47. The zero-order valence-corrected chi connectivity index (χ0v) is 11.7. The fourth-order valence-corrected chi connectivity index (χ4v) is 3.32. The van der Waals surface area contributed by atoms with Gasteiger partial charge in [0, 0.05) is 18.5 Å². The van der Waals surface area contributed by atoms with Crippen LogP contribution in [0.5, 0.6) is 0 Å². The summed E-state index contributed by atoms with van der Waals surface area (Å²) < 4.78 is 6.06. The van der Waals surface area contributed by atoms with Gasteiger partial charge in [-0.15, -0.1) is 5.10 Å². The van der Waals surface area contributed by atoms with Gasteiger partial charge in [0.2, 0.25) is 0 Å². The molecule has 3 heterocycles. The Kier molecular flexibility index (Phi) is 2.64. The van der Waals surface area contributed by atoms with Crippen molar-refractivity contribution in [3.8, 4) is 0 Å². The Bertz CT molecular complexity index is 821. The molecule has 1 aliphatic rings. The van der Waals surface area contributed by atoms with Gasteiger partial charge >= 0.3 is 5.97 Å². The molecule has 0 saturated carbocycles. The molecule has 106 valence electrons. The Morgan fingerprint density at radius 2 is 2.14 bits per heavy atom. The topological polar surface area (TPSA) is 84.1 Å². The Morgan fingerprint density at radius 3 is 2.90 bits per heavy atom. The second-order valence-electron chi connectivity index (χ2n) is 4.95. The van der Waals surface area contributed by atoms with Crippen molar-refractivity contribution in [2.24, 2.45) is 0 Å². The van der Waals surface area contributed by atoms with E-state index in [1.54, 1.807) is 4.68 Å². The molecule has 1 aromatic carbocycles. The highest BCUT2D eigenvalue weighted by Crippen LogP contribution is 2.36. The third-order valence-corrected chi connectivity index (χ3v) is 4.56. The second kappa shape index (κ2) is 4.52. The normalized spacial score (nSPS) is 15.3. The summed E-state index contributed by atoms with van der Waals surface area (Å²) in [5, 5.41) is 18.7. The van der Waals surface area contributed by atoms with Crippen LogP contribution in [-0.2, 0) is 0 Å². The van der Waals surface area contributed by atoms with E-state index in [1.807, 2.05) is 18.2 Å². The minimum Gasteiger partial charge on any atom is -0.476 e. The molecule has 0 bridgehead atoms. The second-order valence-corrected chi connectivity index (χ2v) is 5.70. The van der Waals surface area contributed by atoms with E-state index in [9.17, 15) is 4.79 Å². The third-order valence-electron chi connectivity index (χ3n) is 3.62. The van der Waals surface area contributed by atoms with Crippen LogP contribution in [0.3, 0.4) is 0 Å². The molecular formula is C13H11N5O2S. The summed E-state index contributed by atoms with van der Waals surface area (Å²) in [7, 11) is 0. The number of hydrogen-bond acceptors (Lipinski definition) is 6. The number of benzene rings is 1. The van der Waals surface area contributed by atoms with Gasteiger partial charge in [0.05, 0.1) is 17.8 Å². The minimum absolute atomic E-state index is 0.0170. The predicted molar refractivity (Wildman–Crippen MR) is 77.9 cm³/mol. The van der Waals surface area contributed by atoms with Crippen molar-refractivity contribution in [2.45, 2.75) is 6.04 Å². The summed E-state index contributed by atoms with van der Waals surface area (Å²) in [6.07, 6.45) is 1.48. The third kappa shape index (κ3) is 1.95. The van der Waals surface area contributed by atoms with Gasteiger partial charge in [-0.2, -0.15) is 4.37 Å². The Labute approximate surface area is 123 Å². The van der Waals surface area contributed by atoms with E-state index in [0.29, 0.717) is 0 Å². The molecule has 0 atom stereocenters. The van der Waals surface area contributed by atoms with Crippen LogP contribution in [0.1, 0.15) is 16.5 Å². The highest BCUT2D eigenvalue weighted by atomic mass is 32.1. The summed E-state index contributed by atoms with van der Waals surface area (Å²) in [6.45, 7) is 1.57. The van der Waals surface area contributed by atoms with Gasteiger partial charge in [-0.1, -0.05) is 17.3 Å². The molecule has 7 nitrogen and oxygen atoms in total. The van der Waals surface area contributed by atoms with Crippen LogP contribution in [0.25, 0.3) is 10.9 Å². The van der Waals surface area contributed by atoms with E-state index < -0.39 is 5.97 Å². The monoisotopic (exact) mass is 301 g/mol. The van der Waals surface area contributed by atoms with Crippen molar-refractivity contribution >= 4 is 33.4 Å². The van der Waals surface area contributed by atoms with E-state index in [1.165, 1.54) is 17.7 Å². The summed E-state index contributed by atoms with van der Waals surface area (Å²) >= 11 is 1.49. The van der Waals surface area contributed by atoms with Crippen LogP contribution in [-0.4, -0.2) is 43.5 Å². The molecule has 0 unspecified atom stereocenters. The lowest BCUT2D eigenvalue weighted by Crippen LogP contribution is -2.47. The van der Waals surface area contributed by atoms with E-state index in [4.69, 9.17) is 5.11 Å². The molecule has 0 amide bonds. The average molecular weight is 301 g/mol. The smallest absolute Gasteiger partial charge is 0.358 e. The molecule has 1 saturated heterocycles. The lowest BCUT2D eigenvalue weighted by Gasteiger charge is -2.39. The van der Waals surface area contributed by atoms with Gasteiger partial charge in [0.25, 0.3) is 0 Å². The zero-order valence-electron chi connectivity index (χ0n) is 10.9. The van der Waals surface area contributed by atoms with E-state index in [0.717, 1.165) is 29.0 Å². The fourth-order valence-electron chi connectivity index (χ4n) is 2.45. The number of carboxylic acids is 1. The van der Waals surface area contributed by atoms with Crippen LogP contribution in [0.4, 0.5) is 5.00 Å². The molecule has 1 fully saturated rings. The molecule has 8 heteroatoms. The summed E-state index contributed by atoms with van der Waals surface area (Å²) in [5.74, 6) is -1.05. The Hall–Kier alpha value is -2.48. The molecular weight excluding hydrogens is 290 g/mol. The summed E-state index contributed by atoms with van der Waals surface area (Å²) in [6, 6.07) is 8.22. The lowest BCUT2D eigenvalue weighted by molar-refractivity contribution is 0.0690. The quantitative estimate of drug-likeness (QED) is 0.792. The number of carbonyl (C=O) groups is 1. The van der Waals surface area contributed by atoms with Crippen LogP contribution >= 0.6 is 11.5 Å². The lowest BCUT2D eigenvalue weighted by atomic mass is 10.1. The summed E-state index contributed by atoms with van der Waals surface area (Å²) in [5.41, 5.74) is 0.992. The van der Waals surface area contributed by atoms with Gasteiger partial charge in [0.1, 0.15) is 5.00 Å². The SMILES string of the molecule is O=C(O)c1cn(C2CN(c3snc4ccccc34)C2)nn1. The van der Waals surface area contributed by atoms with Crippen LogP contribution in [0.2, 0.25) is 0 Å². The van der Waals surface area contributed by atoms with Gasteiger partial charge in [-0.25, -0.2) is 9.48 Å². The van der Waals surface area contributed by atoms with Crippen molar-refractivity contribution < 1.29 is 9.90 Å². The number of carboxylic acid groups (broad SMARTS) is 1. The number of nitrogens with zero attached hydrogens (tertiary/aromatic N) is 5. The average Bonchev–Trinajstić information content (AvgIpc) is 3.05. The molecule has 0 spiro atoms. The maximum Gasteiger partial charge on any atom is 0.358 e. The Balaban J connectivity index is 1.53. The number of fused-ring (bicyclic) bond motifs is 1. The first-order chi connectivity index (χ1) is 10.2. The number of rotatable bonds is 3. The molecule has 0 aliphatic carbocycles. The van der Waals surface area contributed by atoms with Crippen molar-refractivity contribution in [1.29, 1.82) is 0 Å². The van der Waals surface area contributed by atoms with Gasteiger partial charge < -0.3 is 10.0 Å². The largest absolute Gasteiger partial charge is 0.476 e.